The molecule has 120 valence electrons. The number of nitrogens with zero attached hydrogens (tertiary/aromatic N) is 1. The van der Waals surface area contributed by atoms with Gasteiger partial charge in [-0.3, -0.25) is 4.79 Å². The number of aliphatic hydroxyl groups is 1. The monoisotopic (exact) mass is 331 g/mol. The van der Waals surface area contributed by atoms with Crippen molar-refractivity contribution in [2.45, 2.75) is 19.4 Å². The average Bonchev–Trinajstić information content (AvgIpc) is 3.21. The largest absolute Gasteiger partial charge is 0.506 e. The first-order valence-electron chi connectivity index (χ1n) is 7.31. The van der Waals surface area contributed by atoms with Crippen molar-refractivity contribution < 1.29 is 15.0 Å². The van der Waals surface area contributed by atoms with Gasteiger partial charge in [0.05, 0.1) is 23.1 Å². The fourth-order valence-electron chi connectivity index (χ4n) is 2.33. The minimum atomic E-state index is -0.319. The van der Waals surface area contributed by atoms with Gasteiger partial charge in [0.25, 0.3) is 5.91 Å². The Hall–Kier alpha value is -2.38. The minimum Gasteiger partial charge on any atom is -0.506 e. The van der Waals surface area contributed by atoms with Crippen LogP contribution in [0.5, 0.6) is 5.75 Å². The zero-order chi connectivity index (χ0) is 16.4. The molecular formula is C16H17N3O3S. The molecule has 2 heterocycles. The molecule has 0 fully saturated rings. The number of phenolic OH excluding ortho intramolecular Hbond substituents is 1. The lowest BCUT2D eigenvalue weighted by Crippen LogP contribution is -2.37. The van der Waals surface area contributed by atoms with E-state index in [9.17, 15) is 15.0 Å². The maximum Gasteiger partial charge on any atom is 0.253 e. The SMILES string of the molecule is CCC(CO)NC(=O)c1ccc(O)c2[nH]c(-c3cccs3)nc12. The third kappa shape index (κ3) is 2.93. The lowest BCUT2D eigenvalue weighted by Gasteiger charge is -2.14. The second-order valence-corrected chi connectivity index (χ2v) is 6.13. The molecule has 1 aromatic carbocycles. The number of hydrogen-bond acceptors (Lipinski definition) is 5. The number of rotatable bonds is 5. The number of aromatic hydroxyl groups is 1. The number of aromatic amines is 1. The number of thiophene rings is 1. The van der Waals surface area contributed by atoms with Crippen LogP contribution in [0.25, 0.3) is 21.7 Å². The molecule has 2 aromatic heterocycles. The predicted octanol–water partition coefficient (Wildman–Crippen LogP) is 2.50. The molecule has 1 amide bonds. The normalized spacial score (nSPS) is 12.4. The molecule has 0 saturated heterocycles. The van der Waals surface area contributed by atoms with Gasteiger partial charge in [-0.05, 0) is 30.0 Å². The fourth-order valence-corrected chi connectivity index (χ4v) is 3.00. The number of carbonyl (C=O) groups excluding carboxylic acids is 1. The second-order valence-electron chi connectivity index (χ2n) is 5.18. The second kappa shape index (κ2) is 6.39. The number of fused-ring (bicyclic) bond motifs is 1. The Kier molecular flexibility index (Phi) is 4.31. The maximum atomic E-state index is 12.4. The Morgan fingerprint density at radius 3 is 2.91 bits per heavy atom. The Bertz CT molecular complexity index is 823. The van der Waals surface area contributed by atoms with E-state index in [0.29, 0.717) is 28.8 Å². The summed E-state index contributed by atoms with van der Waals surface area (Å²) in [5.74, 6) is 0.334. The summed E-state index contributed by atoms with van der Waals surface area (Å²) in [5, 5.41) is 24.0. The van der Waals surface area contributed by atoms with E-state index in [2.05, 4.69) is 15.3 Å². The van der Waals surface area contributed by atoms with Gasteiger partial charge in [-0.1, -0.05) is 13.0 Å². The molecule has 0 bridgehead atoms. The van der Waals surface area contributed by atoms with Gasteiger partial charge in [-0.2, -0.15) is 0 Å². The van der Waals surface area contributed by atoms with Gasteiger partial charge >= 0.3 is 0 Å². The molecule has 0 aliphatic carbocycles. The molecule has 0 aliphatic rings. The Morgan fingerprint density at radius 2 is 2.26 bits per heavy atom. The molecule has 3 aromatic rings. The number of amides is 1. The topological polar surface area (TPSA) is 98.2 Å². The van der Waals surface area contributed by atoms with Gasteiger partial charge in [0.2, 0.25) is 0 Å². The van der Waals surface area contributed by atoms with Crippen molar-refractivity contribution >= 4 is 28.3 Å². The van der Waals surface area contributed by atoms with Crippen molar-refractivity contribution in [1.82, 2.24) is 15.3 Å². The first-order chi connectivity index (χ1) is 11.1. The number of phenols is 1. The highest BCUT2D eigenvalue weighted by molar-refractivity contribution is 7.13. The standard InChI is InChI=1S/C16H17N3O3S/c1-2-9(8-20)17-16(22)10-5-6-11(21)14-13(10)18-15(19-14)12-4-3-7-23-12/h3-7,9,20-21H,2,8H2,1H3,(H,17,22)(H,18,19). The number of aromatic nitrogens is 2. The van der Waals surface area contributed by atoms with Crippen molar-refractivity contribution in [3.63, 3.8) is 0 Å². The van der Waals surface area contributed by atoms with Crippen molar-refractivity contribution in [2.24, 2.45) is 0 Å². The van der Waals surface area contributed by atoms with Crippen LogP contribution >= 0.6 is 11.3 Å². The number of carbonyl (C=O) groups is 1. The molecule has 0 radical (unpaired) electrons. The molecule has 3 rings (SSSR count). The predicted molar refractivity (Wildman–Crippen MR) is 89.7 cm³/mol. The van der Waals surface area contributed by atoms with E-state index in [1.807, 2.05) is 24.4 Å². The summed E-state index contributed by atoms with van der Waals surface area (Å²) in [6.45, 7) is 1.77. The van der Waals surface area contributed by atoms with E-state index in [-0.39, 0.29) is 24.3 Å². The first kappa shape index (κ1) is 15.5. The molecule has 1 unspecified atom stereocenters. The molecule has 23 heavy (non-hydrogen) atoms. The van der Waals surface area contributed by atoms with E-state index >= 15 is 0 Å². The van der Waals surface area contributed by atoms with Gasteiger partial charge < -0.3 is 20.5 Å². The van der Waals surface area contributed by atoms with E-state index in [1.54, 1.807) is 0 Å². The molecule has 6 nitrogen and oxygen atoms in total. The van der Waals surface area contributed by atoms with Crippen molar-refractivity contribution in [2.75, 3.05) is 6.61 Å². The molecule has 7 heteroatoms. The first-order valence-corrected chi connectivity index (χ1v) is 8.19. The highest BCUT2D eigenvalue weighted by Gasteiger charge is 2.19. The smallest absolute Gasteiger partial charge is 0.253 e. The summed E-state index contributed by atoms with van der Waals surface area (Å²) < 4.78 is 0. The third-order valence-corrected chi connectivity index (χ3v) is 4.55. The Balaban J connectivity index is 2.04. The van der Waals surface area contributed by atoms with Crippen LogP contribution in [0.1, 0.15) is 23.7 Å². The lowest BCUT2D eigenvalue weighted by molar-refractivity contribution is 0.0916. The summed E-state index contributed by atoms with van der Waals surface area (Å²) >= 11 is 1.52. The van der Waals surface area contributed by atoms with Crippen LogP contribution in [0, 0.1) is 0 Å². The zero-order valence-corrected chi connectivity index (χ0v) is 13.4. The number of benzene rings is 1. The van der Waals surface area contributed by atoms with Crippen molar-refractivity contribution in [3.05, 3.63) is 35.2 Å². The lowest BCUT2D eigenvalue weighted by atomic mass is 10.1. The van der Waals surface area contributed by atoms with Crippen molar-refractivity contribution in [3.8, 4) is 16.5 Å². The van der Waals surface area contributed by atoms with E-state index < -0.39 is 0 Å². The molecular weight excluding hydrogens is 314 g/mol. The summed E-state index contributed by atoms with van der Waals surface area (Å²) in [7, 11) is 0. The molecule has 4 N–H and O–H groups in total. The number of nitrogens with one attached hydrogen (secondary N) is 2. The van der Waals surface area contributed by atoms with Gasteiger partial charge in [0.15, 0.2) is 0 Å². The Morgan fingerprint density at radius 1 is 1.43 bits per heavy atom. The summed E-state index contributed by atoms with van der Waals surface area (Å²) in [4.78, 5) is 20.9. The Labute approximate surface area is 136 Å². The van der Waals surface area contributed by atoms with Crippen LogP contribution in [0.3, 0.4) is 0 Å². The van der Waals surface area contributed by atoms with Crippen molar-refractivity contribution in [1.29, 1.82) is 0 Å². The third-order valence-electron chi connectivity index (χ3n) is 3.67. The van der Waals surface area contributed by atoms with Crippen LogP contribution in [0.15, 0.2) is 29.6 Å². The van der Waals surface area contributed by atoms with Gasteiger partial charge in [0.1, 0.15) is 22.6 Å². The van der Waals surface area contributed by atoms with Crippen LogP contribution in [0.2, 0.25) is 0 Å². The minimum absolute atomic E-state index is 0.0426. The summed E-state index contributed by atoms with van der Waals surface area (Å²) in [6.07, 6.45) is 0.629. The molecule has 1 atom stereocenters. The maximum absolute atomic E-state index is 12.4. The van der Waals surface area contributed by atoms with Gasteiger partial charge in [-0.25, -0.2) is 4.98 Å². The van der Waals surface area contributed by atoms with Gasteiger partial charge in [0, 0.05) is 0 Å². The number of hydrogen-bond donors (Lipinski definition) is 4. The summed E-state index contributed by atoms with van der Waals surface area (Å²) in [6, 6.07) is 6.53. The number of H-pyrrole nitrogens is 1. The van der Waals surface area contributed by atoms with Crippen LogP contribution in [-0.4, -0.2) is 38.7 Å². The average molecular weight is 331 g/mol. The van der Waals surface area contributed by atoms with E-state index in [0.717, 1.165) is 4.88 Å². The van der Waals surface area contributed by atoms with E-state index in [1.165, 1.54) is 23.5 Å². The number of imidazole rings is 1. The fraction of sp³-hybridized carbons (Fsp3) is 0.250. The van der Waals surface area contributed by atoms with E-state index in [4.69, 9.17) is 0 Å². The highest BCUT2D eigenvalue weighted by Crippen LogP contribution is 2.30. The zero-order valence-electron chi connectivity index (χ0n) is 12.5. The van der Waals surface area contributed by atoms with Gasteiger partial charge in [-0.15, -0.1) is 11.3 Å². The van der Waals surface area contributed by atoms with Crippen LogP contribution < -0.4 is 5.32 Å². The highest BCUT2D eigenvalue weighted by atomic mass is 32.1. The molecule has 0 aliphatic heterocycles. The van der Waals surface area contributed by atoms with Crippen LogP contribution in [-0.2, 0) is 0 Å². The quantitative estimate of drug-likeness (QED) is 0.577. The molecule has 0 saturated carbocycles. The van der Waals surface area contributed by atoms with Crippen LogP contribution in [0.4, 0.5) is 0 Å². The number of aliphatic hydroxyl groups excluding tert-OH is 1. The summed E-state index contributed by atoms with van der Waals surface area (Å²) in [5.41, 5.74) is 1.21. The molecule has 0 spiro atoms.